The highest BCUT2D eigenvalue weighted by Gasteiger charge is 2.48. The van der Waals surface area contributed by atoms with Crippen molar-refractivity contribution in [3.8, 4) is 11.5 Å². The average Bonchev–Trinajstić information content (AvgIpc) is 3.63. The van der Waals surface area contributed by atoms with Crippen molar-refractivity contribution in [1.82, 2.24) is 4.98 Å². The summed E-state index contributed by atoms with van der Waals surface area (Å²) < 4.78 is 26.1. The number of carbonyl (C=O) groups is 2. The standard InChI is InChI=1S/C32H29FN2O5S/c1-3-4-5-14-39-23-10-6-19(7-11-23)28-27(29(36)20-8-13-25-21(16-20)15-18(2)40-25)30(37)31(38)35(28)32-34-24-12-9-22(33)17-26(24)41-32/h6-13,16-18,28,36H,3-5,14-15H2,1-2H3/t18-,28-/m0/s1. The zero-order valence-electron chi connectivity index (χ0n) is 22.7. The van der Waals surface area contributed by atoms with Gasteiger partial charge in [0.15, 0.2) is 5.13 Å². The van der Waals surface area contributed by atoms with E-state index in [2.05, 4.69) is 11.9 Å². The van der Waals surface area contributed by atoms with Crippen molar-refractivity contribution < 1.29 is 28.6 Å². The molecule has 6 rings (SSSR count). The van der Waals surface area contributed by atoms with Gasteiger partial charge in [0.25, 0.3) is 5.78 Å². The summed E-state index contributed by atoms with van der Waals surface area (Å²) in [5.74, 6) is -0.912. The van der Waals surface area contributed by atoms with Gasteiger partial charge in [-0.3, -0.25) is 14.5 Å². The van der Waals surface area contributed by atoms with E-state index in [1.165, 1.54) is 23.1 Å². The first-order valence-electron chi connectivity index (χ1n) is 13.7. The highest BCUT2D eigenvalue weighted by molar-refractivity contribution is 7.22. The van der Waals surface area contributed by atoms with Crippen LogP contribution in [0.25, 0.3) is 16.0 Å². The van der Waals surface area contributed by atoms with Crippen LogP contribution in [-0.2, 0) is 16.0 Å². The number of benzene rings is 3. The fourth-order valence-electron chi connectivity index (χ4n) is 5.35. The van der Waals surface area contributed by atoms with Gasteiger partial charge < -0.3 is 14.6 Å². The van der Waals surface area contributed by atoms with E-state index in [4.69, 9.17) is 9.47 Å². The van der Waals surface area contributed by atoms with Crippen LogP contribution in [0.3, 0.4) is 0 Å². The predicted octanol–water partition coefficient (Wildman–Crippen LogP) is 6.95. The molecule has 0 saturated carbocycles. The summed E-state index contributed by atoms with van der Waals surface area (Å²) in [5.41, 5.74) is 2.42. The lowest BCUT2D eigenvalue weighted by Crippen LogP contribution is -2.29. The molecule has 1 saturated heterocycles. The van der Waals surface area contributed by atoms with Gasteiger partial charge in [-0.2, -0.15) is 0 Å². The first kappa shape index (κ1) is 27.0. The largest absolute Gasteiger partial charge is 0.507 e. The molecule has 0 aliphatic carbocycles. The van der Waals surface area contributed by atoms with Crippen molar-refractivity contribution in [2.75, 3.05) is 11.5 Å². The topological polar surface area (TPSA) is 89.0 Å². The van der Waals surface area contributed by atoms with Gasteiger partial charge in [-0.1, -0.05) is 43.2 Å². The van der Waals surface area contributed by atoms with E-state index in [0.29, 0.717) is 40.1 Å². The van der Waals surface area contributed by atoms with Crippen LogP contribution in [0.4, 0.5) is 9.52 Å². The summed E-state index contributed by atoms with van der Waals surface area (Å²) >= 11 is 1.11. The van der Waals surface area contributed by atoms with Gasteiger partial charge in [0.2, 0.25) is 0 Å². The van der Waals surface area contributed by atoms with Crippen molar-refractivity contribution in [2.45, 2.75) is 51.7 Å². The molecule has 2 aliphatic heterocycles. The van der Waals surface area contributed by atoms with Gasteiger partial charge in [-0.05, 0) is 73.0 Å². The number of nitrogens with zero attached hydrogens (tertiary/aromatic N) is 2. The number of unbranched alkanes of at least 4 members (excludes halogenated alkanes) is 2. The maximum Gasteiger partial charge on any atom is 0.301 e. The first-order valence-corrected chi connectivity index (χ1v) is 14.6. The van der Waals surface area contributed by atoms with Gasteiger partial charge in [0, 0.05) is 12.0 Å². The van der Waals surface area contributed by atoms with Crippen LogP contribution in [-0.4, -0.2) is 34.5 Å². The monoisotopic (exact) mass is 572 g/mol. The Hall–Kier alpha value is -4.24. The Balaban J connectivity index is 1.44. The number of carbonyl (C=O) groups excluding carboxylic acids is 2. The summed E-state index contributed by atoms with van der Waals surface area (Å²) in [5, 5.41) is 11.8. The van der Waals surface area contributed by atoms with E-state index in [9.17, 15) is 19.1 Å². The number of amides is 1. The third-order valence-corrected chi connectivity index (χ3v) is 8.39. The Kier molecular flexibility index (Phi) is 7.21. The van der Waals surface area contributed by atoms with Crippen LogP contribution in [0.1, 0.15) is 55.8 Å². The fraction of sp³-hybridized carbons (Fsp3) is 0.281. The molecule has 0 unspecified atom stereocenters. The number of halogens is 1. The Morgan fingerprint density at radius 2 is 1.93 bits per heavy atom. The van der Waals surface area contributed by atoms with E-state index in [0.717, 1.165) is 41.9 Å². The lowest BCUT2D eigenvalue weighted by molar-refractivity contribution is -0.132. The zero-order chi connectivity index (χ0) is 28.7. The Bertz CT molecular complexity index is 1680. The van der Waals surface area contributed by atoms with Gasteiger partial charge in [0.1, 0.15) is 29.2 Å². The maximum absolute atomic E-state index is 13.9. The Morgan fingerprint density at radius 3 is 2.71 bits per heavy atom. The number of Topliss-reactive ketones (excluding diaryl/α,β-unsaturated/α-hetero) is 1. The zero-order valence-corrected chi connectivity index (χ0v) is 23.5. The second-order valence-corrected chi connectivity index (χ2v) is 11.4. The third-order valence-electron chi connectivity index (χ3n) is 7.37. The van der Waals surface area contributed by atoms with E-state index in [1.54, 1.807) is 42.5 Å². The molecule has 7 nitrogen and oxygen atoms in total. The molecule has 9 heteroatoms. The number of aromatic nitrogens is 1. The number of aliphatic hydroxyl groups is 1. The number of rotatable bonds is 8. The van der Waals surface area contributed by atoms with Gasteiger partial charge in [-0.25, -0.2) is 9.37 Å². The molecule has 3 heterocycles. The number of aliphatic hydroxyl groups excluding tert-OH is 1. The van der Waals surface area contributed by atoms with Crippen LogP contribution in [0.15, 0.2) is 66.2 Å². The molecular formula is C32H29FN2O5S. The van der Waals surface area contributed by atoms with Gasteiger partial charge in [-0.15, -0.1) is 0 Å². The minimum Gasteiger partial charge on any atom is -0.507 e. The maximum atomic E-state index is 13.9. The van der Waals surface area contributed by atoms with Crippen molar-refractivity contribution in [2.24, 2.45) is 0 Å². The summed E-state index contributed by atoms with van der Waals surface area (Å²) in [6.07, 6.45) is 3.80. The molecule has 4 aromatic rings. The lowest BCUT2D eigenvalue weighted by atomic mass is 9.94. The van der Waals surface area contributed by atoms with Crippen molar-refractivity contribution >= 4 is 44.1 Å². The highest BCUT2D eigenvalue weighted by atomic mass is 32.1. The fourth-order valence-corrected chi connectivity index (χ4v) is 6.36. The van der Waals surface area contributed by atoms with E-state index in [-0.39, 0.29) is 22.6 Å². The molecule has 1 amide bonds. The third kappa shape index (κ3) is 5.06. The summed E-state index contributed by atoms with van der Waals surface area (Å²) in [6.45, 7) is 4.69. The second kappa shape index (κ2) is 11.0. The molecule has 0 bridgehead atoms. The molecule has 0 spiro atoms. The average molecular weight is 573 g/mol. The van der Waals surface area contributed by atoms with Crippen LogP contribution in [0.5, 0.6) is 11.5 Å². The summed E-state index contributed by atoms with van der Waals surface area (Å²) in [7, 11) is 0. The van der Waals surface area contributed by atoms with Gasteiger partial charge in [0.05, 0.1) is 28.4 Å². The number of fused-ring (bicyclic) bond motifs is 2. The lowest BCUT2D eigenvalue weighted by Gasteiger charge is -2.23. The van der Waals surface area contributed by atoms with Crippen LogP contribution in [0.2, 0.25) is 0 Å². The number of hydrogen-bond donors (Lipinski definition) is 1. The molecule has 210 valence electrons. The smallest absolute Gasteiger partial charge is 0.301 e. The quantitative estimate of drug-likeness (QED) is 0.106. The number of thiazole rings is 1. The van der Waals surface area contributed by atoms with E-state index < -0.39 is 23.5 Å². The minimum atomic E-state index is -0.946. The molecule has 3 aromatic carbocycles. The molecular weight excluding hydrogens is 543 g/mol. The first-order chi connectivity index (χ1) is 19.8. The molecule has 2 aliphatic rings. The molecule has 0 radical (unpaired) electrons. The van der Waals surface area contributed by atoms with Crippen LogP contribution >= 0.6 is 11.3 Å². The minimum absolute atomic E-state index is 0.0135. The number of ether oxygens (including phenoxy) is 2. The normalized spacial score (nSPS) is 19.5. The van der Waals surface area contributed by atoms with Crippen molar-refractivity contribution in [1.29, 1.82) is 0 Å². The number of hydrogen-bond acceptors (Lipinski definition) is 7. The Morgan fingerprint density at radius 1 is 1.12 bits per heavy atom. The molecule has 1 N–H and O–H groups in total. The highest BCUT2D eigenvalue weighted by Crippen LogP contribution is 2.45. The van der Waals surface area contributed by atoms with Crippen molar-refractivity contribution in [3.63, 3.8) is 0 Å². The molecule has 1 fully saturated rings. The molecule has 41 heavy (non-hydrogen) atoms. The van der Waals surface area contributed by atoms with Crippen LogP contribution < -0.4 is 14.4 Å². The van der Waals surface area contributed by atoms with Gasteiger partial charge >= 0.3 is 5.91 Å². The van der Waals surface area contributed by atoms with E-state index >= 15 is 0 Å². The Labute approximate surface area is 240 Å². The summed E-state index contributed by atoms with van der Waals surface area (Å²) in [6, 6.07) is 15.7. The van der Waals surface area contributed by atoms with E-state index in [1.807, 2.05) is 6.92 Å². The second-order valence-electron chi connectivity index (χ2n) is 10.4. The van der Waals surface area contributed by atoms with Crippen LogP contribution in [0, 0.1) is 5.82 Å². The number of anilines is 1. The SMILES string of the molecule is CCCCCOc1ccc([C@H]2C(=C(O)c3ccc4c(c3)C[C@H](C)O4)C(=O)C(=O)N2c2nc3ccc(F)cc3s2)cc1. The molecule has 2 atom stereocenters. The molecule has 1 aromatic heterocycles. The predicted molar refractivity (Wildman–Crippen MR) is 156 cm³/mol. The summed E-state index contributed by atoms with van der Waals surface area (Å²) in [4.78, 5) is 33.0. The van der Waals surface area contributed by atoms with Crippen molar-refractivity contribution in [3.05, 3.63) is 88.7 Å². The number of ketones is 1.